The minimum atomic E-state index is -0.00263. The normalized spacial score (nSPS) is 23.7. The topological polar surface area (TPSA) is 27.0 Å². The van der Waals surface area contributed by atoms with Crippen molar-refractivity contribution in [3.8, 4) is 6.07 Å². The van der Waals surface area contributed by atoms with E-state index in [4.69, 9.17) is 17.5 Å². The molecule has 0 spiro atoms. The molecule has 1 heterocycles. The van der Waals surface area contributed by atoms with Crippen molar-refractivity contribution in [1.82, 2.24) is 4.90 Å². The maximum Gasteiger partial charge on any atom is 0.117 e. The molecule has 2 nitrogen and oxygen atoms in total. The standard InChI is InChI=1S/C12H20N2S/c1-3-6-10-7-5-8-14(12(10)15)11(4-2)9-13/h10-11H,3-8H2,1-2H3. The summed E-state index contributed by atoms with van der Waals surface area (Å²) in [6, 6.07) is 2.35. The van der Waals surface area contributed by atoms with Gasteiger partial charge in [0.15, 0.2) is 0 Å². The predicted molar refractivity (Wildman–Crippen MR) is 66.6 cm³/mol. The second-order valence-electron chi connectivity index (χ2n) is 4.21. The molecule has 1 rings (SSSR count). The smallest absolute Gasteiger partial charge is 0.117 e. The van der Waals surface area contributed by atoms with E-state index >= 15 is 0 Å². The number of rotatable bonds is 4. The van der Waals surface area contributed by atoms with E-state index in [1.165, 1.54) is 25.7 Å². The summed E-state index contributed by atoms with van der Waals surface area (Å²) < 4.78 is 0. The van der Waals surface area contributed by atoms with Gasteiger partial charge in [0.05, 0.1) is 11.1 Å². The van der Waals surface area contributed by atoms with Crippen LogP contribution in [-0.4, -0.2) is 22.5 Å². The van der Waals surface area contributed by atoms with Gasteiger partial charge in [0, 0.05) is 12.5 Å². The van der Waals surface area contributed by atoms with Crippen molar-refractivity contribution >= 4 is 17.2 Å². The Balaban J connectivity index is 2.66. The molecule has 15 heavy (non-hydrogen) atoms. The molecule has 0 amide bonds. The van der Waals surface area contributed by atoms with E-state index in [0.29, 0.717) is 5.92 Å². The van der Waals surface area contributed by atoms with E-state index in [0.717, 1.165) is 18.0 Å². The van der Waals surface area contributed by atoms with Gasteiger partial charge in [0.2, 0.25) is 0 Å². The van der Waals surface area contributed by atoms with Crippen LogP contribution in [0.25, 0.3) is 0 Å². The Hall–Kier alpha value is -0.620. The van der Waals surface area contributed by atoms with Gasteiger partial charge in [-0.15, -0.1) is 0 Å². The number of piperidine rings is 1. The zero-order valence-corrected chi connectivity index (χ0v) is 10.5. The minimum absolute atomic E-state index is 0.00263. The lowest BCUT2D eigenvalue weighted by atomic mass is 9.92. The van der Waals surface area contributed by atoms with Gasteiger partial charge in [-0.05, 0) is 25.7 Å². The Kier molecular flexibility index (Phi) is 5.04. The fraction of sp³-hybridized carbons (Fsp3) is 0.833. The Labute approximate surface area is 98.3 Å². The Bertz CT molecular complexity index is 255. The van der Waals surface area contributed by atoms with Gasteiger partial charge in [-0.1, -0.05) is 32.5 Å². The van der Waals surface area contributed by atoms with E-state index in [-0.39, 0.29) is 6.04 Å². The van der Waals surface area contributed by atoms with E-state index in [1.54, 1.807) is 0 Å². The molecule has 0 aromatic heterocycles. The van der Waals surface area contributed by atoms with Crippen LogP contribution in [0, 0.1) is 17.2 Å². The van der Waals surface area contributed by atoms with Crippen LogP contribution in [0.5, 0.6) is 0 Å². The highest BCUT2D eigenvalue weighted by Crippen LogP contribution is 2.25. The van der Waals surface area contributed by atoms with Crippen LogP contribution in [0.15, 0.2) is 0 Å². The van der Waals surface area contributed by atoms with Crippen LogP contribution in [0.1, 0.15) is 46.0 Å². The highest BCUT2D eigenvalue weighted by molar-refractivity contribution is 7.80. The molecule has 0 saturated carbocycles. The van der Waals surface area contributed by atoms with Crippen molar-refractivity contribution < 1.29 is 0 Å². The summed E-state index contributed by atoms with van der Waals surface area (Å²) in [6.07, 6.45) is 5.63. The monoisotopic (exact) mass is 224 g/mol. The van der Waals surface area contributed by atoms with Gasteiger partial charge in [-0.2, -0.15) is 5.26 Å². The van der Waals surface area contributed by atoms with Crippen molar-refractivity contribution in [1.29, 1.82) is 5.26 Å². The third-order valence-electron chi connectivity index (χ3n) is 3.13. The summed E-state index contributed by atoms with van der Waals surface area (Å²) in [5.74, 6) is 0.543. The molecule has 0 aromatic carbocycles. The van der Waals surface area contributed by atoms with Crippen molar-refractivity contribution in [2.24, 2.45) is 5.92 Å². The first-order chi connectivity index (χ1) is 7.24. The third-order valence-corrected chi connectivity index (χ3v) is 3.70. The lowest BCUT2D eigenvalue weighted by Crippen LogP contribution is -2.45. The lowest BCUT2D eigenvalue weighted by Gasteiger charge is -2.37. The molecule has 1 fully saturated rings. The second kappa shape index (κ2) is 6.07. The average molecular weight is 224 g/mol. The maximum absolute atomic E-state index is 9.06. The molecule has 2 atom stereocenters. The van der Waals surface area contributed by atoms with Gasteiger partial charge in [0.1, 0.15) is 6.04 Å². The molecule has 0 radical (unpaired) electrons. The van der Waals surface area contributed by atoms with Crippen molar-refractivity contribution in [3.05, 3.63) is 0 Å². The first kappa shape index (κ1) is 12.4. The number of hydrogen-bond donors (Lipinski definition) is 0. The molecular weight excluding hydrogens is 204 g/mol. The fourth-order valence-electron chi connectivity index (χ4n) is 2.28. The molecule has 0 N–H and O–H groups in total. The summed E-state index contributed by atoms with van der Waals surface area (Å²) in [6.45, 7) is 5.23. The zero-order valence-electron chi connectivity index (χ0n) is 9.70. The quantitative estimate of drug-likeness (QED) is 0.686. The van der Waals surface area contributed by atoms with Crippen LogP contribution in [0.3, 0.4) is 0 Å². The van der Waals surface area contributed by atoms with Crippen LogP contribution < -0.4 is 0 Å². The van der Waals surface area contributed by atoms with E-state index in [9.17, 15) is 0 Å². The highest BCUT2D eigenvalue weighted by Gasteiger charge is 2.28. The summed E-state index contributed by atoms with van der Waals surface area (Å²) >= 11 is 5.50. The van der Waals surface area contributed by atoms with Gasteiger partial charge < -0.3 is 4.90 Å². The van der Waals surface area contributed by atoms with Gasteiger partial charge in [-0.25, -0.2) is 0 Å². The number of thiocarbonyl (C=S) groups is 1. The van der Waals surface area contributed by atoms with Gasteiger partial charge in [0.25, 0.3) is 0 Å². The van der Waals surface area contributed by atoms with E-state index in [2.05, 4.69) is 24.8 Å². The maximum atomic E-state index is 9.06. The number of hydrogen-bond acceptors (Lipinski definition) is 2. The van der Waals surface area contributed by atoms with Gasteiger partial charge >= 0.3 is 0 Å². The Morgan fingerprint density at radius 3 is 2.87 bits per heavy atom. The third kappa shape index (κ3) is 2.92. The zero-order chi connectivity index (χ0) is 11.3. The molecule has 1 aliphatic rings. The first-order valence-corrected chi connectivity index (χ1v) is 6.35. The van der Waals surface area contributed by atoms with E-state index < -0.39 is 0 Å². The molecular formula is C12H20N2S. The second-order valence-corrected chi connectivity index (χ2v) is 4.63. The summed E-state index contributed by atoms with van der Waals surface area (Å²) in [4.78, 5) is 3.19. The molecule has 1 saturated heterocycles. The summed E-state index contributed by atoms with van der Waals surface area (Å²) in [7, 11) is 0. The number of likely N-dealkylation sites (tertiary alicyclic amines) is 1. The summed E-state index contributed by atoms with van der Waals surface area (Å²) in [5.41, 5.74) is 0. The SMILES string of the molecule is CCCC1CCCN(C(C#N)CC)C1=S. The largest absolute Gasteiger partial charge is 0.350 e. The van der Waals surface area contributed by atoms with Crippen molar-refractivity contribution in [2.75, 3.05) is 6.54 Å². The molecule has 0 bridgehead atoms. The summed E-state index contributed by atoms with van der Waals surface area (Å²) in [5, 5.41) is 9.06. The predicted octanol–water partition coefficient (Wildman–Crippen LogP) is 3.13. The number of nitriles is 1. The number of nitrogens with zero attached hydrogens (tertiary/aromatic N) is 2. The fourth-order valence-corrected chi connectivity index (χ4v) is 2.74. The Morgan fingerprint density at radius 1 is 1.60 bits per heavy atom. The molecule has 0 aliphatic carbocycles. The van der Waals surface area contributed by atoms with Crippen LogP contribution in [0.4, 0.5) is 0 Å². The van der Waals surface area contributed by atoms with Gasteiger partial charge in [-0.3, -0.25) is 0 Å². The molecule has 2 unspecified atom stereocenters. The highest BCUT2D eigenvalue weighted by atomic mass is 32.1. The van der Waals surface area contributed by atoms with Crippen LogP contribution >= 0.6 is 12.2 Å². The Morgan fingerprint density at radius 2 is 2.33 bits per heavy atom. The molecule has 84 valence electrons. The van der Waals surface area contributed by atoms with E-state index in [1.807, 2.05) is 0 Å². The van der Waals surface area contributed by atoms with Crippen molar-refractivity contribution in [3.63, 3.8) is 0 Å². The minimum Gasteiger partial charge on any atom is -0.350 e. The molecule has 1 aliphatic heterocycles. The van der Waals surface area contributed by atoms with Crippen LogP contribution in [0.2, 0.25) is 0 Å². The van der Waals surface area contributed by atoms with Crippen molar-refractivity contribution in [2.45, 2.75) is 52.0 Å². The molecule has 0 aromatic rings. The average Bonchev–Trinajstić information content (AvgIpc) is 2.25. The van der Waals surface area contributed by atoms with Crippen LogP contribution in [-0.2, 0) is 0 Å². The first-order valence-electron chi connectivity index (χ1n) is 5.94. The lowest BCUT2D eigenvalue weighted by molar-refractivity contribution is 0.291. The molecule has 3 heteroatoms.